The van der Waals surface area contributed by atoms with Gasteiger partial charge >= 0.3 is 5.69 Å². The molecule has 0 unspecified atom stereocenters. The zero-order chi connectivity index (χ0) is 19.6. The smallest absolute Gasteiger partial charge is 0.326 e. The summed E-state index contributed by atoms with van der Waals surface area (Å²) in [6.07, 6.45) is 0. The lowest BCUT2D eigenvalue weighted by Gasteiger charge is -2.10. The number of aromatic nitrogens is 2. The highest BCUT2D eigenvalue weighted by atomic mass is 35.5. The van der Waals surface area contributed by atoms with E-state index >= 15 is 0 Å². The van der Waals surface area contributed by atoms with Gasteiger partial charge in [0.05, 0.1) is 27.2 Å². The van der Waals surface area contributed by atoms with Crippen LogP contribution in [0.25, 0.3) is 0 Å². The Hall–Kier alpha value is -2.46. The fraction of sp³-hybridized carbons (Fsp3) is 0.0625. The van der Waals surface area contributed by atoms with Gasteiger partial charge in [-0.25, -0.2) is 17.9 Å². The van der Waals surface area contributed by atoms with Crippen LogP contribution in [0, 0.1) is 0 Å². The van der Waals surface area contributed by atoms with Crippen molar-refractivity contribution in [3.05, 3.63) is 68.7 Å². The predicted molar refractivity (Wildman–Crippen MR) is 100 cm³/mol. The Morgan fingerprint density at radius 3 is 2.44 bits per heavy atom. The molecule has 0 aliphatic rings. The summed E-state index contributed by atoms with van der Waals surface area (Å²) in [6.45, 7) is -0.301. The Morgan fingerprint density at radius 2 is 1.78 bits per heavy atom. The highest BCUT2D eigenvalue weighted by molar-refractivity contribution is 7.89. The topological polar surface area (TPSA) is 124 Å². The quantitative estimate of drug-likeness (QED) is 0.479. The number of aromatic amines is 2. The molecule has 27 heavy (non-hydrogen) atoms. The van der Waals surface area contributed by atoms with Crippen molar-refractivity contribution in [2.75, 3.05) is 0 Å². The lowest BCUT2D eigenvalue weighted by molar-refractivity contribution is 0.447. The minimum absolute atomic E-state index is 0.0202. The molecule has 3 aromatic rings. The minimum atomic E-state index is -3.92. The van der Waals surface area contributed by atoms with Crippen LogP contribution in [0.1, 0.15) is 5.69 Å². The van der Waals surface area contributed by atoms with Crippen molar-refractivity contribution in [1.82, 2.24) is 14.7 Å². The van der Waals surface area contributed by atoms with Gasteiger partial charge in [-0.1, -0.05) is 29.3 Å². The van der Waals surface area contributed by atoms with Crippen LogP contribution in [0.2, 0.25) is 10.0 Å². The van der Waals surface area contributed by atoms with E-state index in [1.165, 1.54) is 24.3 Å². The Labute approximate surface area is 163 Å². The SMILES string of the molecule is O=c1[nH]c(O)c(CNS(=O)(=O)c2cccc(Oc3ccc(Cl)c(Cl)c3)c2)[nH]1. The molecule has 1 aromatic heterocycles. The number of hydrogen-bond donors (Lipinski definition) is 4. The van der Waals surface area contributed by atoms with Crippen molar-refractivity contribution in [2.45, 2.75) is 11.4 Å². The van der Waals surface area contributed by atoms with Crippen molar-refractivity contribution >= 4 is 33.2 Å². The van der Waals surface area contributed by atoms with Crippen LogP contribution in [0.15, 0.2) is 52.2 Å². The molecule has 0 saturated carbocycles. The third-order valence-corrected chi connectivity index (χ3v) is 5.60. The molecule has 142 valence electrons. The molecule has 0 aliphatic carbocycles. The molecule has 0 saturated heterocycles. The third kappa shape index (κ3) is 4.64. The third-order valence-electron chi connectivity index (χ3n) is 3.46. The van der Waals surface area contributed by atoms with Crippen LogP contribution in [0.4, 0.5) is 0 Å². The van der Waals surface area contributed by atoms with Crippen molar-refractivity contribution in [1.29, 1.82) is 0 Å². The summed E-state index contributed by atoms with van der Waals surface area (Å²) in [7, 11) is -3.92. The summed E-state index contributed by atoms with van der Waals surface area (Å²) in [6, 6.07) is 10.5. The van der Waals surface area contributed by atoms with E-state index in [0.717, 1.165) is 0 Å². The highest BCUT2D eigenvalue weighted by Crippen LogP contribution is 2.30. The first-order valence-electron chi connectivity index (χ1n) is 7.47. The average Bonchev–Trinajstić information content (AvgIpc) is 2.94. The monoisotopic (exact) mass is 429 g/mol. The van der Waals surface area contributed by atoms with E-state index in [-0.39, 0.29) is 22.9 Å². The highest BCUT2D eigenvalue weighted by Gasteiger charge is 2.17. The molecule has 4 N–H and O–H groups in total. The van der Waals surface area contributed by atoms with Crippen LogP contribution >= 0.6 is 23.2 Å². The van der Waals surface area contributed by atoms with E-state index in [0.29, 0.717) is 15.8 Å². The first-order chi connectivity index (χ1) is 12.7. The molecule has 0 spiro atoms. The maximum atomic E-state index is 12.4. The van der Waals surface area contributed by atoms with Crippen LogP contribution < -0.4 is 15.1 Å². The van der Waals surface area contributed by atoms with E-state index in [1.54, 1.807) is 18.2 Å². The minimum Gasteiger partial charge on any atom is -0.493 e. The van der Waals surface area contributed by atoms with E-state index in [9.17, 15) is 18.3 Å². The van der Waals surface area contributed by atoms with E-state index in [2.05, 4.69) is 14.7 Å². The van der Waals surface area contributed by atoms with E-state index in [4.69, 9.17) is 27.9 Å². The van der Waals surface area contributed by atoms with Crippen molar-refractivity contribution in [3.63, 3.8) is 0 Å². The summed E-state index contributed by atoms with van der Waals surface area (Å²) >= 11 is 11.8. The molecule has 0 fully saturated rings. The zero-order valence-corrected chi connectivity index (χ0v) is 15.8. The Kier molecular flexibility index (Phi) is 5.47. The number of halogens is 2. The van der Waals surface area contributed by atoms with Gasteiger partial charge in [0.15, 0.2) is 0 Å². The summed E-state index contributed by atoms with van der Waals surface area (Å²) in [5.74, 6) is 0.232. The first-order valence-corrected chi connectivity index (χ1v) is 9.71. The van der Waals surface area contributed by atoms with Gasteiger partial charge in [0.2, 0.25) is 15.9 Å². The molecule has 11 heteroatoms. The molecule has 1 heterocycles. The van der Waals surface area contributed by atoms with E-state index < -0.39 is 21.6 Å². The molecule has 0 aliphatic heterocycles. The van der Waals surface area contributed by atoms with Gasteiger partial charge in [-0.2, -0.15) is 0 Å². The fourth-order valence-corrected chi connectivity index (χ4v) is 3.49. The summed E-state index contributed by atoms with van der Waals surface area (Å²) in [5.41, 5.74) is -0.620. The van der Waals surface area contributed by atoms with Gasteiger partial charge in [-0.3, -0.25) is 4.98 Å². The summed E-state index contributed by atoms with van der Waals surface area (Å²) in [4.78, 5) is 15.4. The lowest BCUT2D eigenvalue weighted by Crippen LogP contribution is -2.23. The number of imidazole rings is 1. The second kappa shape index (κ2) is 7.65. The molecule has 3 rings (SSSR count). The number of H-pyrrole nitrogens is 2. The lowest BCUT2D eigenvalue weighted by atomic mass is 10.3. The predicted octanol–water partition coefficient (Wildman–Crippen LogP) is 2.99. The van der Waals surface area contributed by atoms with Gasteiger partial charge < -0.3 is 14.8 Å². The maximum absolute atomic E-state index is 12.4. The van der Waals surface area contributed by atoms with E-state index in [1.807, 2.05) is 0 Å². The number of hydrogen-bond acceptors (Lipinski definition) is 5. The number of ether oxygens (including phenoxy) is 1. The summed E-state index contributed by atoms with van der Waals surface area (Å²) in [5, 5.41) is 10.2. The molecule has 0 bridgehead atoms. The second-order valence-electron chi connectivity index (χ2n) is 5.38. The molecular weight excluding hydrogens is 417 g/mol. The van der Waals surface area contributed by atoms with Crippen LogP contribution in [-0.4, -0.2) is 23.5 Å². The van der Waals surface area contributed by atoms with Crippen LogP contribution in [-0.2, 0) is 16.6 Å². The van der Waals surface area contributed by atoms with Crippen molar-refractivity contribution in [2.24, 2.45) is 0 Å². The maximum Gasteiger partial charge on any atom is 0.326 e. The molecule has 8 nitrogen and oxygen atoms in total. The Bertz CT molecular complexity index is 1140. The molecule has 0 atom stereocenters. The Balaban J connectivity index is 1.77. The van der Waals surface area contributed by atoms with Crippen molar-refractivity contribution < 1.29 is 18.3 Å². The van der Waals surface area contributed by atoms with Gasteiger partial charge in [-0.05, 0) is 24.3 Å². The van der Waals surface area contributed by atoms with Gasteiger partial charge in [-0.15, -0.1) is 0 Å². The number of nitrogens with one attached hydrogen (secondary N) is 3. The largest absolute Gasteiger partial charge is 0.493 e. The number of sulfonamides is 1. The van der Waals surface area contributed by atoms with Crippen molar-refractivity contribution in [3.8, 4) is 17.4 Å². The first kappa shape index (κ1) is 19.3. The molecule has 0 radical (unpaired) electrons. The fourth-order valence-electron chi connectivity index (χ4n) is 2.17. The number of benzene rings is 2. The Morgan fingerprint density at radius 1 is 1.04 bits per heavy atom. The molecule has 0 amide bonds. The van der Waals surface area contributed by atoms with Gasteiger partial charge in [0.1, 0.15) is 11.5 Å². The van der Waals surface area contributed by atoms with Gasteiger partial charge in [0, 0.05) is 12.1 Å². The summed E-state index contributed by atoms with van der Waals surface area (Å²) < 4.78 is 32.8. The zero-order valence-electron chi connectivity index (χ0n) is 13.5. The normalized spacial score (nSPS) is 11.5. The standard InChI is InChI=1S/C16H13Cl2N3O5S/c17-12-5-4-10(7-13(12)18)26-9-2-1-3-11(6-9)27(24,25)19-8-14-15(22)21-16(23)20-14/h1-7,19,22H,8H2,(H2,20,21,23). The number of aromatic hydroxyl groups is 1. The second-order valence-corrected chi connectivity index (χ2v) is 7.97. The average molecular weight is 430 g/mol. The number of rotatable bonds is 6. The molecular formula is C16H13Cl2N3O5S. The van der Waals surface area contributed by atoms with Crippen LogP contribution in [0.5, 0.6) is 17.4 Å². The van der Waals surface area contributed by atoms with Gasteiger partial charge in [0.25, 0.3) is 0 Å². The molecule has 2 aromatic carbocycles. The van der Waals surface area contributed by atoms with Crippen LogP contribution in [0.3, 0.4) is 0 Å².